The highest BCUT2D eigenvalue weighted by Crippen LogP contribution is 1.98. The van der Waals surface area contributed by atoms with Gasteiger partial charge in [0.25, 0.3) is 0 Å². The summed E-state index contributed by atoms with van der Waals surface area (Å²) in [5, 5.41) is 25.0. The highest BCUT2D eigenvalue weighted by molar-refractivity contribution is 5.94. The lowest BCUT2D eigenvalue weighted by Gasteiger charge is -1.90. The first-order valence-corrected chi connectivity index (χ1v) is 2.86. The lowest BCUT2D eigenvalue weighted by molar-refractivity contribution is -0.135. The Balaban J connectivity index is 5.17. The van der Waals surface area contributed by atoms with Crippen LogP contribution in [0.15, 0.2) is 23.1 Å². The van der Waals surface area contributed by atoms with Gasteiger partial charge in [0.1, 0.15) is 5.57 Å². The van der Waals surface area contributed by atoms with Gasteiger partial charge in [-0.3, -0.25) is 0 Å². The molecule has 0 heterocycles. The minimum Gasteiger partial charge on any atom is -0.502 e. The summed E-state index contributed by atoms with van der Waals surface area (Å²) in [5.74, 6) is -3.46. The molecular weight excluding hydrogens is 180 g/mol. The van der Waals surface area contributed by atoms with Gasteiger partial charge in [-0.15, -0.1) is 0 Å². The van der Waals surface area contributed by atoms with E-state index in [0.717, 1.165) is 5.94 Å². The normalized spacial score (nSPS) is 9.69. The molecule has 0 bridgehead atoms. The summed E-state index contributed by atoms with van der Waals surface area (Å²) in [5.41, 5.74) is 0.797. The molecule has 0 radical (unpaired) electrons. The molecule has 3 N–H and O–H groups in total. The van der Waals surface area contributed by atoms with E-state index in [0.29, 0.717) is 6.08 Å². The van der Waals surface area contributed by atoms with Crippen molar-refractivity contribution in [2.24, 2.45) is 0 Å². The molecule has 0 atom stereocenters. The summed E-state index contributed by atoms with van der Waals surface area (Å²) >= 11 is 0. The fourth-order valence-electron chi connectivity index (χ4n) is 0.405. The Kier molecular flexibility index (Phi) is 3.76. The van der Waals surface area contributed by atoms with Crippen molar-refractivity contribution in [3.05, 3.63) is 23.1 Å². The SMILES string of the molecule is O=C=C=C(/C=C(\O)C(=O)O)C(=O)O. The van der Waals surface area contributed by atoms with Crippen LogP contribution in [-0.2, 0) is 14.4 Å². The van der Waals surface area contributed by atoms with Crippen molar-refractivity contribution in [2.45, 2.75) is 0 Å². The number of carbonyl (C=O) groups is 2. The first kappa shape index (κ1) is 10.7. The third-order valence-electron chi connectivity index (χ3n) is 0.916. The number of rotatable bonds is 3. The Labute approximate surface area is 71.7 Å². The van der Waals surface area contributed by atoms with E-state index < -0.39 is 23.3 Å². The zero-order chi connectivity index (χ0) is 10.4. The van der Waals surface area contributed by atoms with E-state index in [1.165, 1.54) is 0 Å². The van der Waals surface area contributed by atoms with Crippen LogP contribution < -0.4 is 0 Å². The van der Waals surface area contributed by atoms with Crippen LogP contribution in [0.3, 0.4) is 0 Å². The van der Waals surface area contributed by atoms with E-state index in [-0.39, 0.29) is 0 Å². The average molecular weight is 184 g/mol. The molecule has 6 nitrogen and oxygen atoms in total. The van der Waals surface area contributed by atoms with Gasteiger partial charge in [-0.05, 0) is 5.73 Å². The number of aliphatic carboxylic acids is 2. The van der Waals surface area contributed by atoms with E-state index in [1.807, 2.05) is 0 Å². The average Bonchev–Trinajstić information content (AvgIpc) is 2.03. The van der Waals surface area contributed by atoms with Gasteiger partial charge in [0.2, 0.25) is 5.76 Å². The van der Waals surface area contributed by atoms with Gasteiger partial charge in [-0.2, -0.15) is 0 Å². The van der Waals surface area contributed by atoms with Gasteiger partial charge in [0.05, 0.1) is 0 Å². The van der Waals surface area contributed by atoms with Crippen molar-refractivity contribution < 1.29 is 29.7 Å². The molecule has 68 valence electrons. The molecule has 0 rings (SSSR count). The molecule has 13 heavy (non-hydrogen) atoms. The number of carbonyl (C=O) groups excluding carboxylic acids is 1. The number of hydrogen-bond acceptors (Lipinski definition) is 4. The van der Waals surface area contributed by atoms with Gasteiger partial charge < -0.3 is 15.3 Å². The Morgan fingerprint density at radius 1 is 1.08 bits per heavy atom. The zero-order valence-corrected chi connectivity index (χ0v) is 6.14. The third kappa shape index (κ3) is 3.57. The minimum absolute atomic E-state index is 0.384. The van der Waals surface area contributed by atoms with Crippen LogP contribution in [0.4, 0.5) is 0 Å². The second-order valence-corrected chi connectivity index (χ2v) is 1.78. The molecule has 0 aliphatic carbocycles. The van der Waals surface area contributed by atoms with E-state index >= 15 is 0 Å². The predicted molar refractivity (Wildman–Crippen MR) is 38.7 cm³/mol. The molecule has 0 unspecified atom stereocenters. The van der Waals surface area contributed by atoms with Crippen LogP contribution in [0, 0.1) is 0 Å². The van der Waals surface area contributed by atoms with Crippen molar-refractivity contribution in [3.8, 4) is 0 Å². The standard InChI is InChI=1S/C7H4O6/c8-2-1-4(6(10)11)3-5(9)7(12)13/h3,9H,(H,10,11)(H,12,13)/b5-3-. The van der Waals surface area contributed by atoms with Crippen LogP contribution >= 0.6 is 0 Å². The van der Waals surface area contributed by atoms with Crippen molar-refractivity contribution in [2.75, 3.05) is 0 Å². The molecule has 0 aromatic heterocycles. The molecule has 0 saturated heterocycles. The van der Waals surface area contributed by atoms with Crippen LogP contribution in [0.1, 0.15) is 0 Å². The summed E-state index contributed by atoms with van der Waals surface area (Å²) in [4.78, 5) is 29.9. The molecule has 6 heteroatoms. The maximum atomic E-state index is 10.2. The largest absolute Gasteiger partial charge is 0.502 e. The molecule has 0 aromatic carbocycles. The molecule has 0 amide bonds. The summed E-state index contributed by atoms with van der Waals surface area (Å²) in [6.07, 6.45) is 0.384. The van der Waals surface area contributed by atoms with Gasteiger partial charge in [-0.25, -0.2) is 14.4 Å². The highest BCUT2D eigenvalue weighted by atomic mass is 16.4. The van der Waals surface area contributed by atoms with Gasteiger partial charge >= 0.3 is 11.9 Å². The second kappa shape index (κ2) is 4.56. The van der Waals surface area contributed by atoms with Crippen LogP contribution in [0.5, 0.6) is 0 Å². The number of aliphatic hydroxyl groups excluding tert-OH is 1. The Hall–Kier alpha value is -2.29. The van der Waals surface area contributed by atoms with Crippen molar-refractivity contribution in [1.29, 1.82) is 0 Å². The summed E-state index contributed by atoms with van der Waals surface area (Å²) in [7, 11) is 0. The first-order chi connectivity index (χ1) is 5.99. The number of carboxylic acids is 2. The molecule has 0 fully saturated rings. The summed E-state index contributed by atoms with van der Waals surface area (Å²) < 4.78 is 0. The molecular formula is C7H4O6. The topological polar surface area (TPSA) is 112 Å². The van der Waals surface area contributed by atoms with Crippen LogP contribution in [0.25, 0.3) is 0 Å². The lowest BCUT2D eigenvalue weighted by atomic mass is 10.2. The maximum absolute atomic E-state index is 10.2. The molecule has 0 aliphatic rings. The maximum Gasteiger partial charge on any atom is 0.370 e. The van der Waals surface area contributed by atoms with Gasteiger partial charge in [0, 0.05) is 6.08 Å². The predicted octanol–water partition coefficient (Wildman–Crippen LogP) is -0.489. The third-order valence-corrected chi connectivity index (χ3v) is 0.916. The molecule has 0 saturated carbocycles. The van der Waals surface area contributed by atoms with Crippen LogP contribution in [0.2, 0.25) is 0 Å². The minimum atomic E-state index is -1.70. The number of aliphatic hydroxyl groups is 1. The highest BCUT2D eigenvalue weighted by Gasteiger charge is 2.09. The molecule has 0 spiro atoms. The fourth-order valence-corrected chi connectivity index (χ4v) is 0.405. The van der Waals surface area contributed by atoms with Crippen LogP contribution in [-0.4, -0.2) is 33.2 Å². The lowest BCUT2D eigenvalue weighted by Crippen LogP contribution is -2.03. The summed E-state index contributed by atoms with van der Waals surface area (Å²) in [6.45, 7) is 0. The van der Waals surface area contributed by atoms with E-state index in [4.69, 9.17) is 15.3 Å². The van der Waals surface area contributed by atoms with E-state index in [2.05, 4.69) is 0 Å². The van der Waals surface area contributed by atoms with Crippen molar-refractivity contribution in [3.63, 3.8) is 0 Å². The Morgan fingerprint density at radius 3 is 1.92 bits per heavy atom. The van der Waals surface area contributed by atoms with Gasteiger partial charge in [-0.1, -0.05) is 0 Å². The fraction of sp³-hybridized carbons (Fsp3) is 0. The van der Waals surface area contributed by atoms with Gasteiger partial charge in [0.15, 0.2) is 5.94 Å². The number of hydrogen-bond donors (Lipinski definition) is 3. The second-order valence-electron chi connectivity index (χ2n) is 1.78. The van der Waals surface area contributed by atoms with E-state index in [9.17, 15) is 14.4 Å². The monoisotopic (exact) mass is 184 g/mol. The smallest absolute Gasteiger partial charge is 0.370 e. The van der Waals surface area contributed by atoms with Crippen molar-refractivity contribution in [1.82, 2.24) is 0 Å². The molecule has 0 aromatic rings. The molecule has 0 aliphatic heterocycles. The summed E-state index contributed by atoms with van der Waals surface area (Å²) in [6, 6.07) is 0. The Morgan fingerprint density at radius 2 is 1.62 bits per heavy atom. The zero-order valence-electron chi connectivity index (χ0n) is 6.14. The quantitative estimate of drug-likeness (QED) is 0.179. The Bertz CT molecular complexity index is 351. The van der Waals surface area contributed by atoms with Crippen molar-refractivity contribution >= 4 is 17.9 Å². The van der Waals surface area contributed by atoms with E-state index in [1.54, 1.807) is 5.73 Å². The first-order valence-electron chi connectivity index (χ1n) is 2.86. The number of carboxylic acid groups (broad SMARTS) is 2.